The molecule has 0 atom stereocenters. The number of aromatic amines is 1. The molecule has 0 bridgehead atoms. The van der Waals surface area contributed by atoms with E-state index in [1.54, 1.807) is 13.2 Å². The number of carbonyl (C=O) groups is 2. The lowest BCUT2D eigenvalue weighted by atomic mass is 10.1. The van der Waals surface area contributed by atoms with Gasteiger partial charge in [-0.25, -0.2) is 4.98 Å². The van der Waals surface area contributed by atoms with Crippen molar-refractivity contribution in [3.8, 4) is 5.75 Å². The van der Waals surface area contributed by atoms with E-state index in [9.17, 15) is 14.4 Å². The highest BCUT2D eigenvalue weighted by molar-refractivity contribution is 5.78. The lowest BCUT2D eigenvalue weighted by Crippen LogP contribution is -2.37. The molecule has 1 aromatic heterocycles. The first-order chi connectivity index (χ1) is 17.0. The number of amides is 2. The summed E-state index contributed by atoms with van der Waals surface area (Å²) in [6.45, 7) is 2.45. The van der Waals surface area contributed by atoms with Gasteiger partial charge in [0, 0.05) is 45.4 Å². The third kappa shape index (κ3) is 6.47. The molecule has 184 valence electrons. The molecule has 0 unspecified atom stereocenters. The second-order valence-electron chi connectivity index (χ2n) is 8.85. The summed E-state index contributed by atoms with van der Waals surface area (Å²) in [5, 5.41) is 0.569. The maximum absolute atomic E-state index is 12.8. The van der Waals surface area contributed by atoms with Crippen LogP contribution in [0.4, 0.5) is 0 Å². The molecule has 3 aromatic rings. The number of carbonyl (C=O) groups excluding carboxylic acids is 2. The Kier molecular flexibility index (Phi) is 8.13. The van der Waals surface area contributed by atoms with Gasteiger partial charge in [0.05, 0.1) is 18.0 Å². The van der Waals surface area contributed by atoms with Gasteiger partial charge in [-0.15, -0.1) is 0 Å². The number of methoxy groups -OCH3 is 1. The first-order valence-electron chi connectivity index (χ1n) is 12.2. The van der Waals surface area contributed by atoms with Crippen LogP contribution in [0.15, 0.2) is 53.3 Å². The number of benzene rings is 2. The fraction of sp³-hybridized carbons (Fsp3) is 0.407. The molecule has 2 aromatic carbocycles. The zero-order valence-corrected chi connectivity index (χ0v) is 20.2. The molecule has 0 aliphatic carbocycles. The highest BCUT2D eigenvalue weighted by atomic mass is 16.5. The van der Waals surface area contributed by atoms with Crippen molar-refractivity contribution < 1.29 is 14.3 Å². The van der Waals surface area contributed by atoms with Crippen LogP contribution in [-0.2, 0) is 22.4 Å². The summed E-state index contributed by atoms with van der Waals surface area (Å²) in [5.74, 6) is 1.62. The fourth-order valence-electron chi connectivity index (χ4n) is 4.44. The van der Waals surface area contributed by atoms with Crippen molar-refractivity contribution in [3.05, 3.63) is 70.3 Å². The van der Waals surface area contributed by atoms with Crippen molar-refractivity contribution in [1.29, 1.82) is 0 Å². The van der Waals surface area contributed by atoms with Crippen LogP contribution in [0.5, 0.6) is 5.75 Å². The molecule has 1 saturated heterocycles. The number of rotatable bonds is 8. The van der Waals surface area contributed by atoms with E-state index in [0.29, 0.717) is 75.0 Å². The number of aromatic nitrogens is 2. The van der Waals surface area contributed by atoms with Crippen molar-refractivity contribution in [2.24, 2.45) is 0 Å². The predicted molar refractivity (Wildman–Crippen MR) is 134 cm³/mol. The van der Waals surface area contributed by atoms with E-state index in [1.807, 2.05) is 52.3 Å². The summed E-state index contributed by atoms with van der Waals surface area (Å²) in [6, 6.07) is 15.0. The molecule has 1 aliphatic heterocycles. The number of fused-ring (bicyclic) bond motifs is 1. The van der Waals surface area contributed by atoms with Crippen LogP contribution in [0, 0.1) is 0 Å². The Balaban J connectivity index is 1.22. The third-order valence-corrected chi connectivity index (χ3v) is 6.45. The number of hydrogen-bond acceptors (Lipinski definition) is 5. The first-order valence-corrected chi connectivity index (χ1v) is 12.2. The van der Waals surface area contributed by atoms with Gasteiger partial charge < -0.3 is 19.5 Å². The van der Waals surface area contributed by atoms with Gasteiger partial charge >= 0.3 is 0 Å². The van der Waals surface area contributed by atoms with Crippen LogP contribution in [0.3, 0.4) is 0 Å². The first kappa shape index (κ1) is 24.4. The standard InChI is InChI=1S/C27H32N4O4/c1-35-21-13-10-20(11-14-21)12-15-26(33)31-17-5-16-30(18-19-31)25(32)9-4-8-24-28-23-7-3-2-6-22(23)27(34)29-24/h2-3,6-7,10-11,13-14H,4-5,8-9,12,15-19H2,1H3,(H,28,29,34). The van der Waals surface area contributed by atoms with Crippen LogP contribution in [0.25, 0.3) is 10.9 Å². The summed E-state index contributed by atoms with van der Waals surface area (Å²) >= 11 is 0. The molecule has 2 heterocycles. The molecule has 8 nitrogen and oxygen atoms in total. The van der Waals surface area contributed by atoms with Crippen LogP contribution in [0.1, 0.15) is 37.1 Å². The minimum atomic E-state index is -0.152. The van der Waals surface area contributed by atoms with Crippen LogP contribution in [0.2, 0.25) is 0 Å². The Labute approximate surface area is 204 Å². The second kappa shape index (κ2) is 11.6. The lowest BCUT2D eigenvalue weighted by Gasteiger charge is -2.22. The van der Waals surface area contributed by atoms with Gasteiger partial charge in [0.15, 0.2) is 0 Å². The van der Waals surface area contributed by atoms with Gasteiger partial charge in [-0.3, -0.25) is 14.4 Å². The summed E-state index contributed by atoms with van der Waals surface area (Å²) in [5.41, 5.74) is 1.62. The van der Waals surface area contributed by atoms with Crippen molar-refractivity contribution >= 4 is 22.7 Å². The molecule has 0 saturated carbocycles. The molecule has 35 heavy (non-hydrogen) atoms. The zero-order chi connectivity index (χ0) is 24.6. The van der Waals surface area contributed by atoms with Crippen molar-refractivity contribution in [1.82, 2.24) is 19.8 Å². The van der Waals surface area contributed by atoms with Gasteiger partial charge in [-0.05, 0) is 49.1 Å². The van der Waals surface area contributed by atoms with E-state index in [4.69, 9.17) is 4.74 Å². The highest BCUT2D eigenvalue weighted by Crippen LogP contribution is 2.14. The second-order valence-corrected chi connectivity index (χ2v) is 8.85. The maximum Gasteiger partial charge on any atom is 0.258 e. The fourth-order valence-corrected chi connectivity index (χ4v) is 4.44. The van der Waals surface area contributed by atoms with Crippen molar-refractivity contribution in [2.45, 2.75) is 38.5 Å². The molecular formula is C27H32N4O4. The topological polar surface area (TPSA) is 95.6 Å². The smallest absolute Gasteiger partial charge is 0.258 e. The van der Waals surface area contributed by atoms with Crippen molar-refractivity contribution in [2.75, 3.05) is 33.3 Å². The number of aryl methyl sites for hydroxylation is 2. The Bertz CT molecular complexity index is 1220. The molecule has 1 fully saturated rings. The third-order valence-electron chi connectivity index (χ3n) is 6.45. The van der Waals surface area contributed by atoms with Gasteiger partial charge in [0.2, 0.25) is 11.8 Å². The minimum absolute atomic E-state index is 0.0840. The molecule has 8 heteroatoms. The zero-order valence-electron chi connectivity index (χ0n) is 20.2. The van der Waals surface area contributed by atoms with Gasteiger partial charge in [-0.1, -0.05) is 24.3 Å². The van der Waals surface area contributed by atoms with Crippen LogP contribution >= 0.6 is 0 Å². The van der Waals surface area contributed by atoms with Gasteiger partial charge in [-0.2, -0.15) is 0 Å². The summed E-state index contributed by atoms with van der Waals surface area (Å²) in [4.78, 5) is 48.8. The summed E-state index contributed by atoms with van der Waals surface area (Å²) in [7, 11) is 1.63. The SMILES string of the molecule is COc1ccc(CCC(=O)N2CCCN(C(=O)CCCc3nc4ccccc4c(=O)[nH]3)CC2)cc1. The molecule has 0 radical (unpaired) electrons. The molecule has 1 aliphatic rings. The van der Waals surface area contributed by atoms with Crippen molar-refractivity contribution in [3.63, 3.8) is 0 Å². The number of nitrogens with zero attached hydrogens (tertiary/aromatic N) is 3. The number of nitrogens with one attached hydrogen (secondary N) is 1. The lowest BCUT2D eigenvalue weighted by molar-refractivity contribution is -0.133. The molecule has 4 rings (SSSR count). The minimum Gasteiger partial charge on any atom is -0.497 e. The van der Waals surface area contributed by atoms with Gasteiger partial charge in [0.1, 0.15) is 11.6 Å². The number of ether oxygens (including phenoxy) is 1. The van der Waals surface area contributed by atoms with E-state index in [-0.39, 0.29) is 17.4 Å². The van der Waals surface area contributed by atoms with E-state index < -0.39 is 0 Å². The Morgan fingerprint density at radius 2 is 1.60 bits per heavy atom. The average Bonchev–Trinajstić information content (AvgIpc) is 3.14. The van der Waals surface area contributed by atoms with Crippen LogP contribution in [-0.4, -0.2) is 64.9 Å². The van der Waals surface area contributed by atoms with E-state index in [2.05, 4.69) is 9.97 Å². The number of para-hydroxylation sites is 1. The molecular weight excluding hydrogens is 444 g/mol. The van der Waals surface area contributed by atoms with E-state index >= 15 is 0 Å². The average molecular weight is 477 g/mol. The Hall–Kier alpha value is -3.68. The van der Waals surface area contributed by atoms with E-state index in [1.165, 1.54) is 0 Å². The number of hydrogen-bond donors (Lipinski definition) is 1. The maximum atomic E-state index is 12.8. The molecule has 2 amide bonds. The summed E-state index contributed by atoms with van der Waals surface area (Å²) < 4.78 is 5.18. The Morgan fingerprint density at radius 1 is 0.914 bits per heavy atom. The summed E-state index contributed by atoms with van der Waals surface area (Å²) in [6.07, 6.45) is 3.46. The predicted octanol–water partition coefficient (Wildman–Crippen LogP) is 2.95. The molecule has 1 N–H and O–H groups in total. The largest absolute Gasteiger partial charge is 0.497 e. The quantitative estimate of drug-likeness (QED) is 0.539. The number of H-pyrrole nitrogens is 1. The highest BCUT2D eigenvalue weighted by Gasteiger charge is 2.21. The Morgan fingerprint density at radius 3 is 2.31 bits per heavy atom. The normalized spacial score (nSPS) is 14.1. The monoisotopic (exact) mass is 476 g/mol. The van der Waals surface area contributed by atoms with E-state index in [0.717, 1.165) is 17.7 Å². The van der Waals surface area contributed by atoms with Crippen LogP contribution < -0.4 is 10.3 Å². The van der Waals surface area contributed by atoms with Gasteiger partial charge in [0.25, 0.3) is 5.56 Å². The molecule has 0 spiro atoms.